The van der Waals surface area contributed by atoms with Gasteiger partial charge in [-0.2, -0.15) is 0 Å². The van der Waals surface area contributed by atoms with Gasteiger partial charge in [0.15, 0.2) is 5.96 Å². The van der Waals surface area contributed by atoms with Crippen molar-refractivity contribution in [3.8, 4) is 5.75 Å². The van der Waals surface area contributed by atoms with E-state index in [0.29, 0.717) is 18.5 Å². The molecule has 1 fully saturated rings. The molecule has 1 saturated heterocycles. The lowest BCUT2D eigenvalue weighted by molar-refractivity contribution is 0.0168. The molecule has 1 aromatic carbocycles. The van der Waals surface area contributed by atoms with Gasteiger partial charge >= 0.3 is 0 Å². The van der Waals surface area contributed by atoms with Crippen LogP contribution in [0.15, 0.2) is 29.3 Å². The minimum atomic E-state index is 0. The summed E-state index contributed by atoms with van der Waals surface area (Å²) in [5.41, 5.74) is 1.23. The summed E-state index contributed by atoms with van der Waals surface area (Å²) in [5, 5.41) is 15.9. The maximum absolute atomic E-state index is 9.27. The SMILES string of the molecule is CN=C(NCCCOCC1CCCO1)NCCCc1ccc(O)cc1.I. The van der Waals surface area contributed by atoms with Gasteiger partial charge in [-0.3, -0.25) is 4.99 Å². The maximum Gasteiger partial charge on any atom is 0.190 e. The Morgan fingerprint density at radius 3 is 2.62 bits per heavy atom. The Hall–Kier alpha value is -1.06. The molecule has 6 nitrogen and oxygen atoms in total. The van der Waals surface area contributed by atoms with Gasteiger partial charge in [-0.1, -0.05) is 12.1 Å². The van der Waals surface area contributed by atoms with E-state index in [1.54, 1.807) is 19.2 Å². The Kier molecular flexibility index (Phi) is 12.4. The number of phenols is 1. The Labute approximate surface area is 173 Å². The van der Waals surface area contributed by atoms with Crippen molar-refractivity contribution in [1.29, 1.82) is 0 Å². The molecular weight excluding hydrogens is 445 g/mol. The predicted molar refractivity (Wildman–Crippen MR) is 116 cm³/mol. The van der Waals surface area contributed by atoms with Gasteiger partial charge in [0.2, 0.25) is 0 Å². The normalized spacial score (nSPS) is 17.0. The molecule has 0 aliphatic carbocycles. The standard InChI is InChI=1S/C19H31N3O3.HI/c1-20-19(21-11-2-5-16-7-9-17(23)10-8-16)22-12-4-13-24-15-18-6-3-14-25-18;/h7-10,18,23H,2-6,11-15H2,1H3,(H2,20,21,22);1H. The highest BCUT2D eigenvalue weighted by Gasteiger charge is 2.14. The fraction of sp³-hybridized carbons (Fsp3) is 0.632. The van der Waals surface area contributed by atoms with Crippen LogP contribution in [0.1, 0.15) is 31.2 Å². The van der Waals surface area contributed by atoms with Crippen LogP contribution in [-0.2, 0) is 15.9 Å². The van der Waals surface area contributed by atoms with Crippen molar-refractivity contribution < 1.29 is 14.6 Å². The lowest BCUT2D eigenvalue weighted by Crippen LogP contribution is -2.38. The number of aryl methyl sites for hydroxylation is 1. The van der Waals surface area contributed by atoms with Crippen LogP contribution in [-0.4, -0.2) is 57.1 Å². The van der Waals surface area contributed by atoms with Crippen LogP contribution in [0.2, 0.25) is 0 Å². The second-order valence-electron chi connectivity index (χ2n) is 6.26. The summed E-state index contributed by atoms with van der Waals surface area (Å²) in [6.07, 6.45) is 5.51. The molecule has 1 aliphatic rings. The number of halogens is 1. The van der Waals surface area contributed by atoms with E-state index < -0.39 is 0 Å². The number of ether oxygens (including phenoxy) is 2. The minimum absolute atomic E-state index is 0. The van der Waals surface area contributed by atoms with Crippen molar-refractivity contribution >= 4 is 29.9 Å². The van der Waals surface area contributed by atoms with E-state index in [-0.39, 0.29) is 24.0 Å². The van der Waals surface area contributed by atoms with Gasteiger partial charge < -0.3 is 25.2 Å². The maximum atomic E-state index is 9.27. The largest absolute Gasteiger partial charge is 0.508 e. The van der Waals surface area contributed by atoms with Crippen LogP contribution < -0.4 is 10.6 Å². The number of hydrogen-bond acceptors (Lipinski definition) is 4. The second-order valence-corrected chi connectivity index (χ2v) is 6.26. The summed E-state index contributed by atoms with van der Waals surface area (Å²) in [6, 6.07) is 7.37. The molecule has 2 rings (SSSR count). The minimum Gasteiger partial charge on any atom is -0.508 e. The molecule has 3 N–H and O–H groups in total. The predicted octanol–water partition coefficient (Wildman–Crippen LogP) is 2.69. The lowest BCUT2D eigenvalue weighted by atomic mass is 10.1. The third kappa shape index (κ3) is 9.59. The van der Waals surface area contributed by atoms with Gasteiger partial charge in [0, 0.05) is 33.4 Å². The van der Waals surface area contributed by atoms with E-state index >= 15 is 0 Å². The summed E-state index contributed by atoms with van der Waals surface area (Å²) in [4.78, 5) is 4.23. The van der Waals surface area contributed by atoms with E-state index in [1.807, 2.05) is 12.1 Å². The third-order valence-corrected chi connectivity index (χ3v) is 4.18. The first-order valence-electron chi connectivity index (χ1n) is 9.19. The highest BCUT2D eigenvalue weighted by Crippen LogP contribution is 2.12. The highest BCUT2D eigenvalue weighted by atomic mass is 127. The summed E-state index contributed by atoms with van der Waals surface area (Å²) >= 11 is 0. The van der Waals surface area contributed by atoms with Gasteiger partial charge in [-0.15, -0.1) is 24.0 Å². The molecule has 1 unspecified atom stereocenters. The van der Waals surface area contributed by atoms with Crippen LogP contribution in [0.5, 0.6) is 5.75 Å². The molecule has 1 aliphatic heterocycles. The topological polar surface area (TPSA) is 75.1 Å². The van der Waals surface area contributed by atoms with E-state index in [4.69, 9.17) is 9.47 Å². The average Bonchev–Trinajstić information content (AvgIpc) is 3.14. The van der Waals surface area contributed by atoms with E-state index in [9.17, 15) is 5.11 Å². The zero-order valence-corrected chi connectivity index (χ0v) is 17.9. The zero-order chi connectivity index (χ0) is 17.7. The fourth-order valence-corrected chi connectivity index (χ4v) is 2.75. The highest BCUT2D eigenvalue weighted by molar-refractivity contribution is 14.0. The Bertz CT molecular complexity index is 505. The number of nitrogens with one attached hydrogen (secondary N) is 2. The first-order chi connectivity index (χ1) is 12.3. The van der Waals surface area contributed by atoms with Crippen LogP contribution in [0.4, 0.5) is 0 Å². The van der Waals surface area contributed by atoms with Crippen molar-refractivity contribution in [1.82, 2.24) is 10.6 Å². The molecule has 1 heterocycles. The number of rotatable bonds is 10. The number of phenolic OH excluding ortho intramolecular Hbond substituents is 1. The molecule has 0 spiro atoms. The molecular formula is C19H32IN3O3. The second kappa shape index (κ2) is 14.1. The van der Waals surface area contributed by atoms with Crippen molar-refractivity contribution in [2.75, 3.05) is 40.0 Å². The van der Waals surface area contributed by atoms with E-state index in [0.717, 1.165) is 64.4 Å². The number of guanidine groups is 1. The van der Waals surface area contributed by atoms with Crippen LogP contribution >= 0.6 is 24.0 Å². The molecule has 0 bridgehead atoms. The quantitative estimate of drug-likeness (QED) is 0.209. The number of hydrogen-bond donors (Lipinski definition) is 3. The van der Waals surface area contributed by atoms with Gasteiger partial charge in [0.05, 0.1) is 12.7 Å². The van der Waals surface area contributed by atoms with E-state index in [1.165, 1.54) is 5.56 Å². The van der Waals surface area contributed by atoms with Gasteiger partial charge in [-0.25, -0.2) is 0 Å². The Balaban J connectivity index is 0.00000338. The summed E-state index contributed by atoms with van der Waals surface area (Å²) < 4.78 is 11.2. The molecule has 0 radical (unpaired) electrons. The monoisotopic (exact) mass is 477 g/mol. The zero-order valence-electron chi connectivity index (χ0n) is 15.6. The summed E-state index contributed by atoms with van der Waals surface area (Å²) in [5.74, 6) is 1.14. The lowest BCUT2D eigenvalue weighted by Gasteiger charge is -2.13. The number of benzene rings is 1. The molecule has 7 heteroatoms. The van der Waals surface area contributed by atoms with Crippen molar-refractivity contribution in [3.05, 3.63) is 29.8 Å². The van der Waals surface area contributed by atoms with Gasteiger partial charge in [0.1, 0.15) is 5.75 Å². The number of nitrogens with zero attached hydrogens (tertiary/aromatic N) is 1. The molecule has 148 valence electrons. The summed E-state index contributed by atoms with van der Waals surface area (Å²) in [6.45, 7) is 4.03. The van der Waals surface area contributed by atoms with Crippen LogP contribution in [0.25, 0.3) is 0 Å². The molecule has 1 atom stereocenters. The van der Waals surface area contributed by atoms with Crippen molar-refractivity contribution in [2.45, 2.75) is 38.2 Å². The van der Waals surface area contributed by atoms with Crippen LogP contribution in [0, 0.1) is 0 Å². The Morgan fingerprint density at radius 2 is 1.96 bits per heavy atom. The average molecular weight is 477 g/mol. The molecule has 26 heavy (non-hydrogen) atoms. The van der Waals surface area contributed by atoms with Crippen LogP contribution in [0.3, 0.4) is 0 Å². The van der Waals surface area contributed by atoms with Crippen molar-refractivity contribution in [2.24, 2.45) is 4.99 Å². The smallest absolute Gasteiger partial charge is 0.190 e. The van der Waals surface area contributed by atoms with Gasteiger partial charge in [0.25, 0.3) is 0 Å². The number of aromatic hydroxyl groups is 1. The molecule has 0 saturated carbocycles. The first kappa shape index (κ1) is 23.0. The Morgan fingerprint density at radius 1 is 1.23 bits per heavy atom. The first-order valence-corrected chi connectivity index (χ1v) is 9.19. The number of aliphatic imine (C=N–C) groups is 1. The molecule has 0 aromatic heterocycles. The molecule has 1 aromatic rings. The van der Waals surface area contributed by atoms with Gasteiger partial charge in [-0.05, 0) is 49.8 Å². The third-order valence-electron chi connectivity index (χ3n) is 4.18. The van der Waals surface area contributed by atoms with E-state index in [2.05, 4.69) is 15.6 Å². The molecule has 0 amide bonds. The fourth-order valence-electron chi connectivity index (χ4n) is 2.75. The van der Waals surface area contributed by atoms with Crippen molar-refractivity contribution in [3.63, 3.8) is 0 Å². The summed E-state index contributed by atoms with van der Waals surface area (Å²) in [7, 11) is 1.78.